The average molecular weight is 278 g/mol. The predicted molar refractivity (Wildman–Crippen MR) is 75.2 cm³/mol. The van der Waals surface area contributed by atoms with Crippen LogP contribution < -0.4 is 0 Å². The average Bonchev–Trinajstić information content (AvgIpc) is 2.99. The van der Waals surface area contributed by atoms with Crippen LogP contribution in [0.25, 0.3) is 11.2 Å². The summed E-state index contributed by atoms with van der Waals surface area (Å²) in [5.41, 5.74) is 4.25. The molecule has 0 unspecified atom stereocenters. The van der Waals surface area contributed by atoms with Crippen molar-refractivity contribution < 1.29 is 0 Å². The number of aromatic nitrogens is 3. The summed E-state index contributed by atoms with van der Waals surface area (Å²) in [6.45, 7) is 2.82. The minimum absolute atomic E-state index is 0.403. The van der Waals surface area contributed by atoms with Gasteiger partial charge in [-0.15, -0.1) is 11.6 Å². The van der Waals surface area contributed by atoms with Crippen LogP contribution in [0.5, 0.6) is 0 Å². The number of nitrogens with zero attached hydrogens (tertiary/aromatic N) is 3. The number of pyridine rings is 1. The zero-order chi connectivity index (χ0) is 12.5. The summed E-state index contributed by atoms with van der Waals surface area (Å²) in [6.07, 6.45) is 1.82. The minimum atomic E-state index is 0.403. The molecule has 0 bridgehead atoms. The molecule has 0 saturated carbocycles. The highest BCUT2D eigenvalue weighted by Crippen LogP contribution is 2.20. The van der Waals surface area contributed by atoms with E-state index in [2.05, 4.69) is 31.4 Å². The molecule has 3 aromatic heterocycles. The van der Waals surface area contributed by atoms with Gasteiger partial charge in [-0.1, -0.05) is 0 Å². The van der Waals surface area contributed by atoms with Gasteiger partial charge < -0.3 is 4.57 Å². The molecule has 0 N–H and O–H groups in total. The van der Waals surface area contributed by atoms with Gasteiger partial charge in [-0.2, -0.15) is 11.3 Å². The molecule has 3 heterocycles. The first-order chi connectivity index (χ1) is 8.79. The lowest BCUT2D eigenvalue weighted by Crippen LogP contribution is -2.03. The molecule has 0 aliphatic heterocycles. The van der Waals surface area contributed by atoms with Gasteiger partial charge in [0.15, 0.2) is 5.65 Å². The molecule has 5 heteroatoms. The van der Waals surface area contributed by atoms with E-state index < -0.39 is 0 Å². The monoisotopic (exact) mass is 277 g/mol. The summed E-state index contributed by atoms with van der Waals surface area (Å²) in [5, 5.41) is 4.22. The Kier molecular flexibility index (Phi) is 3.06. The van der Waals surface area contributed by atoms with E-state index in [0.717, 1.165) is 29.1 Å². The highest BCUT2D eigenvalue weighted by atomic mass is 35.5. The number of thiophene rings is 1. The largest absolute Gasteiger partial charge is 0.307 e. The molecule has 0 atom stereocenters. The highest BCUT2D eigenvalue weighted by molar-refractivity contribution is 7.07. The maximum Gasteiger partial charge on any atom is 0.160 e. The fourth-order valence-corrected chi connectivity index (χ4v) is 2.88. The van der Waals surface area contributed by atoms with Crippen LogP contribution in [0.15, 0.2) is 29.1 Å². The van der Waals surface area contributed by atoms with Crippen molar-refractivity contribution in [3.63, 3.8) is 0 Å². The Labute approximate surface area is 114 Å². The summed E-state index contributed by atoms with van der Waals surface area (Å²) in [5.74, 6) is 1.28. The summed E-state index contributed by atoms with van der Waals surface area (Å²) in [4.78, 5) is 9.02. The van der Waals surface area contributed by atoms with Crippen molar-refractivity contribution in [1.82, 2.24) is 14.5 Å². The van der Waals surface area contributed by atoms with Crippen LogP contribution in [0.1, 0.15) is 17.0 Å². The van der Waals surface area contributed by atoms with Crippen molar-refractivity contribution in [2.45, 2.75) is 19.3 Å². The van der Waals surface area contributed by atoms with Gasteiger partial charge in [0.1, 0.15) is 11.3 Å². The minimum Gasteiger partial charge on any atom is -0.307 e. The molecule has 0 amide bonds. The number of halogens is 1. The van der Waals surface area contributed by atoms with Gasteiger partial charge in [-0.25, -0.2) is 9.97 Å². The number of rotatable bonds is 3. The second-order valence-electron chi connectivity index (χ2n) is 4.18. The number of aryl methyl sites for hydroxylation is 1. The van der Waals surface area contributed by atoms with Crippen molar-refractivity contribution >= 4 is 34.1 Å². The van der Waals surface area contributed by atoms with Crippen LogP contribution >= 0.6 is 22.9 Å². The Morgan fingerprint density at radius 3 is 3.00 bits per heavy atom. The normalized spacial score (nSPS) is 11.2. The van der Waals surface area contributed by atoms with E-state index in [-0.39, 0.29) is 0 Å². The number of hydrogen-bond donors (Lipinski definition) is 0. The van der Waals surface area contributed by atoms with Crippen LogP contribution in [-0.2, 0) is 12.4 Å². The highest BCUT2D eigenvalue weighted by Gasteiger charge is 2.12. The van der Waals surface area contributed by atoms with Crippen LogP contribution in [0.3, 0.4) is 0 Å². The smallest absolute Gasteiger partial charge is 0.160 e. The molecule has 0 saturated heterocycles. The van der Waals surface area contributed by atoms with Gasteiger partial charge in [-0.3, -0.25) is 0 Å². The zero-order valence-electron chi connectivity index (χ0n) is 9.93. The Balaban J connectivity index is 2.17. The lowest BCUT2D eigenvalue weighted by molar-refractivity contribution is 0.773. The van der Waals surface area contributed by atoms with Crippen molar-refractivity contribution in [3.8, 4) is 0 Å². The molecule has 0 aliphatic rings. The maximum absolute atomic E-state index is 5.99. The first kappa shape index (κ1) is 11.7. The number of hydrogen-bond acceptors (Lipinski definition) is 3. The Bertz CT molecular complexity index is 673. The molecule has 0 spiro atoms. The molecule has 18 heavy (non-hydrogen) atoms. The maximum atomic E-state index is 5.99. The van der Waals surface area contributed by atoms with E-state index in [0.29, 0.717) is 5.88 Å². The van der Waals surface area contributed by atoms with Gasteiger partial charge >= 0.3 is 0 Å². The van der Waals surface area contributed by atoms with E-state index in [1.807, 2.05) is 19.2 Å². The zero-order valence-corrected chi connectivity index (χ0v) is 11.5. The lowest BCUT2D eigenvalue weighted by Gasteiger charge is -2.05. The molecule has 3 rings (SSSR count). The van der Waals surface area contributed by atoms with Crippen LogP contribution in [0.2, 0.25) is 0 Å². The quantitative estimate of drug-likeness (QED) is 0.685. The summed E-state index contributed by atoms with van der Waals surface area (Å²) in [7, 11) is 0. The van der Waals surface area contributed by atoms with Crippen molar-refractivity contribution in [1.29, 1.82) is 0 Å². The lowest BCUT2D eigenvalue weighted by atomic mass is 10.3. The number of fused-ring (bicyclic) bond motifs is 1. The molecule has 3 aromatic rings. The number of alkyl halides is 1. The fraction of sp³-hybridized carbons (Fsp3) is 0.231. The van der Waals surface area contributed by atoms with Crippen molar-refractivity contribution in [2.24, 2.45) is 0 Å². The van der Waals surface area contributed by atoms with E-state index in [9.17, 15) is 0 Å². The topological polar surface area (TPSA) is 30.7 Å². The molecule has 92 valence electrons. The summed E-state index contributed by atoms with van der Waals surface area (Å²) < 4.78 is 2.09. The molecule has 0 radical (unpaired) electrons. The predicted octanol–water partition coefficient (Wildman–Crippen LogP) is 3.59. The first-order valence-electron chi connectivity index (χ1n) is 5.67. The van der Waals surface area contributed by atoms with Crippen LogP contribution in [0, 0.1) is 6.92 Å². The van der Waals surface area contributed by atoms with Gasteiger partial charge in [0.05, 0.1) is 12.4 Å². The molecule has 0 fully saturated rings. The third-order valence-electron chi connectivity index (χ3n) is 2.96. The van der Waals surface area contributed by atoms with E-state index in [1.54, 1.807) is 11.3 Å². The van der Waals surface area contributed by atoms with Crippen molar-refractivity contribution in [2.75, 3.05) is 0 Å². The standard InChI is InChI=1S/C13H12ClN3S/c1-9-2-4-15-13-12(9)16-11(6-14)17(13)7-10-3-5-18-8-10/h2-5,8H,6-7H2,1H3. The SMILES string of the molecule is Cc1ccnc2c1nc(CCl)n2Cc1ccsc1. The van der Waals surface area contributed by atoms with Gasteiger partial charge in [0.25, 0.3) is 0 Å². The number of imidazole rings is 1. The Hall–Kier alpha value is -1.39. The molecule has 3 nitrogen and oxygen atoms in total. The third-order valence-corrected chi connectivity index (χ3v) is 3.93. The summed E-state index contributed by atoms with van der Waals surface area (Å²) >= 11 is 7.68. The Morgan fingerprint density at radius 2 is 2.28 bits per heavy atom. The molecular weight excluding hydrogens is 266 g/mol. The fourth-order valence-electron chi connectivity index (χ4n) is 2.02. The van der Waals surface area contributed by atoms with Crippen LogP contribution in [0.4, 0.5) is 0 Å². The summed E-state index contributed by atoms with van der Waals surface area (Å²) in [6, 6.07) is 4.09. The van der Waals surface area contributed by atoms with E-state index in [1.165, 1.54) is 5.56 Å². The van der Waals surface area contributed by atoms with Crippen LogP contribution in [-0.4, -0.2) is 14.5 Å². The third kappa shape index (κ3) is 1.91. The van der Waals surface area contributed by atoms with Gasteiger partial charge in [0, 0.05) is 6.20 Å². The Morgan fingerprint density at radius 1 is 1.39 bits per heavy atom. The van der Waals surface area contributed by atoms with E-state index >= 15 is 0 Å². The molecule has 0 aliphatic carbocycles. The van der Waals surface area contributed by atoms with Gasteiger partial charge in [-0.05, 0) is 40.9 Å². The van der Waals surface area contributed by atoms with E-state index in [4.69, 9.17) is 11.6 Å². The second kappa shape index (κ2) is 4.71. The van der Waals surface area contributed by atoms with Gasteiger partial charge in [0.2, 0.25) is 0 Å². The first-order valence-corrected chi connectivity index (χ1v) is 7.15. The molecule has 0 aromatic carbocycles. The van der Waals surface area contributed by atoms with Crippen molar-refractivity contribution in [3.05, 3.63) is 46.0 Å². The molecular formula is C13H12ClN3S. The second-order valence-corrected chi connectivity index (χ2v) is 5.23.